The fraction of sp³-hybridized carbons (Fsp3) is 0.512. The number of carbonyl (C=O) groups excluding carboxylic acids is 4. The predicted octanol–water partition coefficient (Wildman–Crippen LogP) is 4.96. The highest BCUT2D eigenvalue weighted by Gasteiger charge is 2.62. The van der Waals surface area contributed by atoms with Gasteiger partial charge in [0.05, 0.1) is 24.1 Å². The van der Waals surface area contributed by atoms with E-state index in [0.717, 1.165) is 5.69 Å². The molecule has 2 aliphatic carbocycles. The van der Waals surface area contributed by atoms with Gasteiger partial charge in [-0.3, -0.25) is 19.1 Å². The number of pyridine rings is 1. The maximum atomic E-state index is 14.7. The number of amides is 4. The number of fused-ring (bicyclic) bond motifs is 3. The van der Waals surface area contributed by atoms with E-state index in [1.165, 1.54) is 29.2 Å². The van der Waals surface area contributed by atoms with Gasteiger partial charge in [-0.05, 0) is 107 Å². The standard InChI is InChI=1S/C43H51F3N6O10S/c1-41(2,3)62-40(56)48-33-9-7-19-59-18-6-8-27-23-42(27,39(55)50-63(57,58)31-15-16-31)49-36(53)35-22-30(24-52(35)38(33)54)60-37-32-17-12-28(51(4)5)20-26(32)21-34(47-37)25-10-13-29(14-11-25)61-43(44,45)46/h6,8,10-14,17,20-21,27,30-31,33,35H,7,9,15-16,18-19,22-24H2,1-5H3,(H,48,56)(H,49,53)(H,50,55)/t27?,30?,33-,35-,42+/m0/s1. The van der Waals surface area contributed by atoms with Gasteiger partial charge in [-0.1, -0.05) is 12.2 Å². The van der Waals surface area contributed by atoms with E-state index in [1.54, 1.807) is 45.1 Å². The second-order valence-electron chi connectivity index (χ2n) is 17.5. The van der Waals surface area contributed by atoms with Gasteiger partial charge in [-0.2, -0.15) is 0 Å². The van der Waals surface area contributed by atoms with E-state index < -0.39 is 86.4 Å². The maximum absolute atomic E-state index is 14.7. The largest absolute Gasteiger partial charge is 0.573 e. The number of benzene rings is 2. The average Bonchev–Trinajstić information content (AvgIpc) is 4.12. The molecule has 3 aromatic rings. The zero-order valence-electron chi connectivity index (χ0n) is 35.5. The van der Waals surface area contributed by atoms with Crippen molar-refractivity contribution in [2.45, 2.75) is 100 Å². The first kappa shape index (κ1) is 45.4. The number of carbonyl (C=O) groups is 4. The molecule has 3 fully saturated rings. The van der Waals surface area contributed by atoms with Crippen molar-refractivity contribution in [2.75, 3.05) is 38.8 Å². The van der Waals surface area contributed by atoms with Crippen LogP contribution in [0.5, 0.6) is 11.6 Å². The van der Waals surface area contributed by atoms with Gasteiger partial charge >= 0.3 is 12.5 Å². The van der Waals surface area contributed by atoms with Gasteiger partial charge in [0.15, 0.2) is 0 Å². The van der Waals surface area contributed by atoms with Crippen molar-refractivity contribution >= 4 is 50.3 Å². The van der Waals surface area contributed by atoms with E-state index >= 15 is 0 Å². The number of alkyl halides is 3. The molecule has 0 radical (unpaired) electrons. The van der Waals surface area contributed by atoms with Crippen molar-refractivity contribution in [3.8, 4) is 22.9 Å². The van der Waals surface area contributed by atoms with Gasteiger partial charge in [-0.15, -0.1) is 13.2 Å². The van der Waals surface area contributed by atoms with Crippen LogP contribution in [-0.2, 0) is 33.9 Å². The monoisotopic (exact) mass is 900 g/mol. The van der Waals surface area contributed by atoms with Crippen LogP contribution in [0.2, 0.25) is 0 Å². The van der Waals surface area contributed by atoms with E-state index in [1.807, 2.05) is 31.1 Å². The van der Waals surface area contributed by atoms with Crippen molar-refractivity contribution < 1.29 is 59.7 Å². The number of hydrogen-bond acceptors (Lipinski definition) is 12. The Morgan fingerprint density at radius 3 is 2.43 bits per heavy atom. The highest BCUT2D eigenvalue weighted by molar-refractivity contribution is 7.91. The molecule has 63 heavy (non-hydrogen) atoms. The minimum Gasteiger partial charge on any atom is -0.472 e. The lowest BCUT2D eigenvalue weighted by atomic mass is 10.1. The van der Waals surface area contributed by atoms with Gasteiger partial charge in [-0.25, -0.2) is 18.2 Å². The first-order valence-electron chi connectivity index (χ1n) is 20.7. The highest BCUT2D eigenvalue weighted by atomic mass is 32.2. The van der Waals surface area contributed by atoms with Crippen molar-refractivity contribution in [3.63, 3.8) is 0 Å². The summed E-state index contributed by atoms with van der Waals surface area (Å²) in [4.78, 5) is 64.1. The van der Waals surface area contributed by atoms with Crippen molar-refractivity contribution in [1.82, 2.24) is 25.2 Å². The molecule has 5 atom stereocenters. The molecule has 1 aromatic heterocycles. The SMILES string of the molecule is CN(C)c1ccc2c(OC3C[C@H]4C(=O)N[C@]5(C(=O)NS(=O)(=O)C6CC6)CC5C=CCOCCC[C@H](NC(=O)OC(C)(C)C)C(=O)N4C3)nc(-c3ccc(OC(F)(F)F)cc3)cc2c1. The van der Waals surface area contributed by atoms with E-state index in [4.69, 9.17) is 19.2 Å². The normalized spacial score (nSPS) is 24.5. The molecule has 4 aliphatic rings. The topological polar surface area (TPSA) is 195 Å². The maximum Gasteiger partial charge on any atom is 0.573 e. The number of nitrogens with zero attached hydrogens (tertiary/aromatic N) is 3. The second-order valence-corrected chi connectivity index (χ2v) is 19.4. The molecule has 2 aliphatic heterocycles. The number of hydrogen-bond donors (Lipinski definition) is 3. The summed E-state index contributed by atoms with van der Waals surface area (Å²) in [6, 6.07) is 10.0. The average molecular weight is 901 g/mol. The Morgan fingerprint density at radius 1 is 1.03 bits per heavy atom. The molecule has 0 bridgehead atoms. The molecular weight excluding hydrogens is 850 g/mol. The van der Waals surface area contributed by atoms with E-state index in [-0.39, 0.29) is 44.9 Å². The number of alkyl carbamates (subject to hydrolysis) is 1. The van der Waals surface area contributed by atoms with Crippen LogP contribution in [0.25, 0.3) is 22.0 Å². The van der Waals surface area contributed by atoms with Crippen LogP contribution in [0.1, 0.15) is 59.3 Å². The second kappa shape index (κ2) is 17.5. The molecule has 340 valence electrons. The Kier molecular flexibility index (Phi) is 12.6. The van der Waals surface area contributed by atoms with Gasteiger partial charge in [0.25, 0.3) is 5.91 Å². The molecule has 3 N–H and O–H groups in total. The van der Waals surface area contributed by atoms with Crippen molar-refractivity contribution in [2.24, 2.45) is 5.92 Å². The van der Waals surface area contributed by atoms with Crippen LogP contribution in [0.15, 0.2) is 60.7 Å². The first-order chi connectivity index (χ1) is 29.6. The minimum atomic E-state index is -4.88. The smallest absolute Gasteiger partial charge is 0.472 e. The third-order valence-electron chi connectivity index (χ3n) is 11.1. The molecule has 2 saturated carbocycles. The number of sulfonamides is 1. The molecule has 20 heteroatoms. The molecule has 3 heterocycles. The van der Waals surface area contributed by atoms with Gasteiger partial charge in [0.1, 0.15) is 35.1 Å². The summed E-state index contributed by atoms with van der Waals surface area (Å²) in [5.74, 6) is -3.15. The number of halogens is 3. The summed E-state index contributed by atoms with van der Waals surface area (Å²) in [5.41, 5.74) is -0.913. The Morgan fingerprint density at radius 2 is 1.76 bits per heavy atom. The number of aromatic nitrogens is 1. The Labute approximate surface area is 362 Å². The minimum absolute atomic E-state index is 0.0889. The molecule has 7 rings (SSSR count). The molecule has 1 saturated heterocycles. The summed E-state index contributed by atoms with van der Waals surface area (Å²) in [6.45, 7) is 5.20. The van der Waals surface area contributed by atoms with Gasteiger partial charge in [0.2, 0.25) is 27.7 Å². The third kappa shape index (κ3) is 10.9. The Hall–Kier alpha value is -5.63. The fourth-order valence-corrected chi connectivity index (χ4v) is 9.09. The molecule has 0 spiro atoms. The molecule has 2 unspecified atom stereocenters. The third-order valence-corrected chi connectivity index (χ3v) is 12.9. The van der Waals surface area contributed by atoms with Gasteiger partial charge in [0, 0.05) is 49.7 Å². The van der Waals surface area contributed by atoms with Crippen LogP contribution < -0.4 is 29.7 Å². The molecular formula is C43H51F3N6O10S. The van der Waals surface area contributed by atoms with E-state index in [2.05, 4.69) is 20.1 Å². The summed E-state index contributed by atoms with van der Waals surface area (Å²) in [6.07, 6.45) is -2.00. The van der Waals surface area contributed by atoms with E-state index in [0.29, 0.717) is 41.3 Å². The predicted molar refractivity (Wildman–Crippen MR) is 224 cm³/mol. The zero-order valence-corrected chi connectivity index (χ0v) is 36.3. The lowest BCUT2D eigenvalue weighted by Crippen LogP contribution is -2.58. The van der Waals surface area contributed by atoms with Crippen LogP contribution in [0.4, 0.5) is 23.7 Å². The summed E-state index contributed by atoms with van der Waals surface area (Å²) < 4.78 is 88.7. The quantitative estimate of drug-likeness (QED) is 0.245. The van der Waals surface area contributed by atoms with Crippen LogP contribution in [0.3, 0.4) is 0 Å². The number of anilines is 1. The van der Waals surface area contributed by atoms with Crippen LogP contribution in [0, 0.1) is 5.92 Å². The Balaban J connectivity index is 1.24. The molecule has 16 nitrogen and oxygen atoms in total. The lowest BCUT2D eigenvalue weighted by molar-refractivity contribution is -0.274. The lowest BCUT2D eigenvalue weighted by Gasteiger charge is -2.30. The Bertz CT molecular complexity index is 2390. The fourth-order valence-electron chi connectivity index (χ4n) is 7.72. The highest BCUT2D eigenvalue weighted by Crippen LogP contribution is 2.46. The molecule has 2 aromatic carbocycles. The van der Waals surface area contributed by atoms with Crippen LogP contribution >= 0.6 is 0 Å². The summed E-state index contributed by atoms with van der Waals surface area (Å²) in [7, 11) is -0.267. The zero-order chi connectivity index (χ0) is 45.5. The molecule has 4 amide bonds. The van der Waals surface area contributed by atoms with Crippen molar-refractivity contribution in [1.29, 1.82) is 0 Å². The first-order valence-corrected chi connectivity index (χ1v) is 22.2. The summed E-state index contributed by atoms with van der Waals surface area (Å²) >= 11 is 0. The summed E-state index contributed by atoms with van der Waals surface area (Å²) in [5, 5.41) is 6.00. The number of nitrogens with one attached hydrogen (secondary N) is 3. The van der Waals surface area contributed by atoms with Crippen LogP contribution in [-0.4, -0.2) is 117 Å². The van der Waals surface area contributed by atoms with E-state index in [9.17, 15) is 40.8 Å². The number of rotatable bonds is 9. The van der Waals surface area contributed by atoms with Crippen molar-refractivity contribution in [3.05, 3.63) is 60.7 Å². The van der Waals surface area contributed by atoms with Gasteiger partial charge < -0.3 is 39.4 Å². The number of ether oxygens (including phenoxy) is 4.